The molecule has 0 atom stereocenters. The van der Waals surface area contributed by atoms with Crippen LogP contribution in [0.4, 0.5) is 5.69 Å². The third-order valence-electron chi connectivity index (χ3n) is 4.26. The molecule has 9 nitrogen and oxygen atoms in total. The molecule has 0 radical (unpaired) electrons. The van der Waals surface area contributed by atoms with Gasteiger partial charge in [-0.3, -0.25) is 23.7 Å². The molecule has 144 valence electrons. The van der Waals surface area contributed by atoms with Crippen molar-refractivity contribution in [1.82, 2.24) is 9.55 Å². The number of carbonyl (C=O) groups is 3. The number of anilines is 1. The second kappa shape index (κ2) is 7.24. The predicted octanol–water partition coefficient (Wildman–Crippen LogP) is 0.911. The number of primary amides is 2. The van der Waals surface area contributed by atoms with Crippen LogP contribution in [0.1, 0.15) is 31.2 Å². The molecular weight excluding hydrogens is 382 g/mol. The lowest BCUT2D eigenvalue weighted by atomic mass is 10.1. The summed E-state index contributed by atoms with van der Waals surface area (Å²) >= 11 is 1.42. The van der Waals surface area contributed by atoms with Gasteiger partial charge in [0, 0.05) is 21.7 Å². The molecule has 0 aliphatic carbocycles. The molecule has 3 rings (SSSR count). The second-order valence-corrected chi connectivity index (χ2v) is 7.42. The molecule has 10 heteroatoms. The molecule has 0 saturated heterocycles. The van der Waals surface area contributed by atoms with Gasteiger partial charge in [-0.1, -0.05) is 0 Å². The van der Waals surface area contributed by atoms with Gasteiger partial charge in [-0.15, -0.1) is 11.3 Å². The Morgan fingerprint density at radius 2 is 1.71 bits per heavy atom. The number of rotatable bonds is 5. The highest BCUT2D eigenvalue weighted by Crippen LogP contribution is 2.25. The van der Waals surface area contributed by atoms with Crippen LogP contribution < -0.4 is 22.3 Å². The predicted molar refractivity (Wildman–Crippen MR) is 105 cm³/mol. The monoisotopic (exact) mass is 399 g/mol. The Balaban J connectivity index is 1.89. The summed E-state index contributed by atoms with van der Waals surface area (Å²) in [5, 5.41) is 3.03. The number of nitrogens with zero attached hydrogens (tertiary/aromatic N) is 2. The molecule has 5 N–H and O–H groups in total. The van der Waals surface area contributed by atoms with E-state index in [2.05, 4.69) is 10.3 Å². The van der Waals surface area contributed by atoms with E-state index < -0.39 is 17.7 Å². The van der Waals surface area contributed by atoms with E-state index >= 15 is 0 Å². The van der Waals surface area contributed by atoms with Crippen molar-refractivity contribution in [2.45, 2.75) is 20.4 Å². The lowest BCUT2D eigenvalue weighted by Gasteiger charge is -2.10. The van der Waals surface area contributed by atoms with Crippen LogP contribution in [0.15, 0.2) is 29.3 Å². The molecule has 0 aliphatic rings. The van der Waals surface area contributed by atoms with Gasteiger partial charge in [-0.25, -0.2) is 4.98 Å². The minimum absolute atomic E-state index is 0.0243. The van der Waals surface area contributed by atoms with E-state index in [-0.39, 0.29) is 28.9 Å². The molecular formula is C18H17N5O4S. The number of benzene rings is 1. The molecule has 0 fully saturated rings. The van der Waals surface area contributed by atoms with Crippen molar-refractivity contribution in [3.05, 3.63) is 56.4 Å². The molecule has 0 saturated carbocycles. The van der Waals surface area contributed by atoms with Crippen LogP contribution in [-0.4, -0.2) is 27.3 Å². The molecule has 0 spiro atoms. The maximum absolute atomic E-state index is 12.7. The fourth-order valence-corrected chi connectivity index (χ4v) is 3.71. The van der Waals surface area contributed by atoms with Gasteiger partial charge >= 0.3 is 0 Å². The number of aryl methyl sites for hydroxylation is 2. The summed E-state index contributed by atoms with van der Waals surface area (Å²) in [5.74, 6) is -2.08. The van der Waals surface area contributed by atoms with Gasteiger partial charge in [0.2, 0.25) is 17.7 Å². The zero-order valence-corrected chi connectivity index (χ0v) is 15.9. The lowest BCUT2D eigenvalue weighted by Crippen LogP contribution is -2.28. The largest absolute Gasteiger partial charge is 0.366 e. The summed E-state index contributed by atoms with van der Waals surface area (Å²) in [6, 6.07) is 3.89. The van der Waals surface area contributed by atoms with Gasteiger partial charge in [0.1, 0.15) is 11.4 Å². The Morgan fingerprint density at radius 1 is 1.11 bits per heavy atom. The highest BCUT2D eigenvalue weighted by molar-refractivity contribution is 7.18. The van der Waals surface area contributed by atoms with Crippen LogP contribution in [0.5, 0.6) is 0 Å². The molecule has 0 aliphatic heterocycles. The second-order valence-electron chi connectivity index (χ2n) is 6.22. The summed E-state index contributed by atoms with van der Waals surface area (Å²) < 4.78 is 1.20. The summed E-state index contributed by atoms with van der Waals surface area (Å²) in [6.07, 6.45) is 1.31. The van der Waals surface area contributed by atoms with Gasteiger partial charge in [0.25, 0.3) is 5.56 Å². The Morgan fingerprint density at radius 3 is 2.29 bits per heavy atom. The molecule has 2 aromatic heterocycles. The minimum atomic E-state index is -0.771. The Labute approximate surface area is 163 Å². The third kappa shape index (κ3) is 3.62. The summed E-state index contributed by atoms with van der Waals surface area (Å²) in [7, 11) is 0. The van der Waals surface area contributed by atoms with Gasteiger partial charge < -0.3 is 16.8 Å². The zero-order chi connectivity index (χ0) is 20.6. The van der Waals surface area contributed by atoms with Gasteiger partial charge in [-0.2, -0.15) is 0 Å². The quantitative estimate of drug-likeness (QED) is 0.583. The Hall–Kier alpha value is -3.53. The van der Waals surface area contributed by atoms with E-state index in [1.807, 2.05) is 13.8 Å². The summed E-state index contributed by atoms with van der Waals surface area (Å²) in [4.78, 5) is 53.7. The number of thiophene rings is 1. The Kier molecular flexibility index (Phi) is 4.97. The average Bonchev–Trinajstić information content (AvgIpc) is 2.92. The topological polar surface area (TPSA) is 150 Å². The fraction of sp³-hybridized carbons (Fsp3) is 0.167. The van der Waals surface area contributed by atoms with E-state index in [4.69, 9.17) is 11.5 Å². The van der Waals surface area contributed by atoms with Crippen molar-refractivity contribution in [3.8, 4) is 0 Å². The molecule has 3 amide bonds. The molecule has 1 aromatic carbocycles. The van der Waals surface area contributed by atoms with Gasteiger partial charge in [0.05, 0.1) is 11.7 Å². The van der Waals surface area contributed by atoms with Crippen molar-refractivity contribution in [2.24, 2.45) is 11.5 Å². The fourth-order valence-electron chi connectivity index (χ4n) is 2.72. The first-order chi connectivity index (χ1) is 13.2. The van der Waals surface area contributed by atoms with Crippen molar-refractivity contribution >= 4 is 45.0 Å². The number of carbonyl (C=O) groups excluding carboxylic acids is 3. The number of nitrogens with one attached hydrogen (secondary N) is 1. The number of amides is 3. The highest BCUT2D eigenvalue weighted by Gasteiger charge is 2.15. The first-order valence-corrected chi connectivity index (χ1v) is 8.98. The van der Waals surface area contributed by atoms with E-state index in [0.717, 1.165) is 10.4 Å². The number of hydrogen-bond donors (Lipinski definition) is 3. The third-order valence-corrected chi connectivity index (χ3v) is 5.37. The first kappa shape index (κ1) is 19.2. The summed E-state index contributed by atoms with van der Waals surface area (Å²) in [5.41, 5.74) is 11.2. The Bertz CT molecular complexity index is 1160. The average molecular weight is 399 g/mol. The number of fused-ring (bicyclic) bond motifs is 1. The minimum Gasteiger partial charge on any atom is -0.366 e. The first-order valence-electron chi connectivity index (χ1n) is 8.17. The normalized spacial score (nSPS) is 10.8. The number of nitrogens with two attached hydrogens (primary N) is 2. The molecule has 0 unspecified atom stereocenters. The molecule has 0 bridgehead atoms. The van der Waals surface area contributed by atoms with Crippen LogP contribution >= 0.6 is 11.3 Å². The number of hydrogen-bond acceptors (Lipinski definition) is 6. The SMILES string of the molecule is Cc1sc2ncn(CC(=O)Nc3cc(C(N)=O)cc(C(N)=O)c3)c(=O)c2c1C. The maximum atomic E-state index is 12.7. The number of aromatic nitrogens is 2. The van der Waals surface area contributed by atoms with E-state index in [1.54, 1.807) is 0 Å². The van der Waals surface area contributed by atoms with Crippen LogP contribution in [-0.2, 0) is 11.3 Å². The molecule has 28 heavy (non-hydrogen) atoms. The summed E-state index contributed by atoms with van der Waals surface area (Å²) in [6.45, 7) is 3.45. The van der Waals surface area contributed by atoms with Crippen molar-refractivity contribution in [3.63, 3.8) is 0 Å². The molecule has 3 aromatic rings. The van der Waals surface area contributed by atoms with E-state index in [9.17, 15) is 19.2 Å². The van der Waals surface area contributed by atoms with E-state index in [1.165, 1.54) is 40.4 Å². The van der Waals surface area contributed by atoms with Gasteiger partial charge in [-0.05, 0) is 37.6 Å². The zero-order valence-electron chi connectivity index (χ0n) is 15.1. The maximum Gasteiger partial charge on any atom is 0.262 e. The van der Waals surface area contributed by atoms with Crippen LogP contribution in [0.25, 0.3) is 10.2 Å². The van der Waals surface area contributed by atoms with Crippen LogP contribution in [0.2, 0.25) is 0 Å². The standard InChI is InChI=1S/C18H17N5O4S/c1-8-9(2)28-17-14(8)18(27)23(7-21-17)6-13(24)22-12-4-10(15(19)25)3-11(5-12)16(20)26/h3-5,7H,6H2,1-2H3,(H2,19,25)(H2,20,26)(H,22,24). The van der Waals surface area contributed by atoms with Crippen LogP contribution in [0.3, 0.4) is 0 Å². The van der Waals surface area contributed by atoms with E-state index in [0.29, 0.717) is 10.2 Å². The lowest BCUT2D eigenvalue weighted by molar-refractivity contribution is -0.116. The highest BCUT2D eigenvalue weighted by atomic mass is 32.1. The molecule has 2 heterocycles. The van der Waals surface area contributed by atoms with Crippen molar-refractivity contribution < 1.29 is 14.4 Å². The van der Waals surface area contributed by atoms with Crippen molar-refractivity contribution in [2.75, 3.05) is 5.32 Å². The van der Waals surface area contributed by atoms with Crippen molar-refractivity contribution in [1.29, 1.82) is 0 Å². The van der Waals surface area contributed by atoms with Crippen LogP contribution in [0, 0.1) is 13.8 Å². The van der Waals surface area contributed by atoms with Gasteiger partial charge in [0.15, 0.2) is 0 Å². The smallest absolute Gasteiger partial charge is 0.262 e.